The zero-order chi connectivity index (χ0) is 11.6. The Kier molecular flexibility index (Phi) is 4.98. The molecule has 0 amide bonds. The Morgan fingerprint density at radius 1 is 1.29 bits per heavy atom. The summed E-state index contributed by atoms with van der Waals surface area (Å²) in [5.41, 5.74) is 1.20. The molecule has 2 atom stereocenters. The van der Waals surface area contributed by atoms with Crippen LogP contribution in [0.25, 0.3) is 0 Å². The molecule has 5 heteroatoms. The number of rotatable bonds is 3. The van der Waals surface area contributed by atoms with Crippen LogP contribution in [0, 0.1) is 0 Å². The molecule has 0 bridgehead atoms. The predicted molar refractivity (Wildman–Crippen MR) is 64.7 cm³/mol. The van der Waals surface area contributed by atoms with Crippen LogP contribution in [-0.4, -0.2) is 32.5 Å². The summed E-state index contributed by atoms with van der Waals surface area (Å²) in [6, 6.07) is 10.4. The highest BCUT2D eigenvalue weighted by atomic mass is 35.5. The average molecular weight is 276 g/mol. The summed E-state index contributed by atoms with van der Waals surface area (Å²) < 4.78 is 23.0. The number of sulfone groups is 1. The van der Waals surface area contributed by atoms with Crippen LogP contribution in [-0.2, 0) is 9.84 Å². The van der Waals surface area contributed by atoms with Crippen LogP contribution in [0.2, 0.25) is 0 Å². The molecule has 96 valence electrons. The first-order chi connectivity index (χ1) is 7.62. The van der Waals surface area contributed by atoms with E-state index < -0.39 is 9.84 Å². The fourth-order valence-electron chi connectivity index (χ4n) is 2.45. The van der Waals surface area contributed by atoms with E-state index in [0.717, 1.165) is 13.0 Å². The lowest BCUT2D eigenvalue weighted by atomic mass is 10.2. The van der Waals surface area contributed by atoms with Crippen LogP contribution >= 0.6 is 0 Å². The van der Waals surface area contributed by atoms with Gasteiger partial charge in [-0.1, -0.05) is 18.2 Å². The SMILES string of the molecule is CC[NH+](c1ccccc1)C1CCS(=O)(=O)C1.[Cl-]. The van der Waals surface area contributed by atoms with Gasteiger partial charge in [0.1, 0.15) is 17.5 Å². The lowest BCUT2D eigenvalue weighted by Gasteiger charge is -2.22. The monoisotopic (exact) mass is 275 g/mol. The van der Waals surface area contributed by atoms with Gasteiger partial charge in [-0.2, -0.15) is 0 Å². The maximum absolute atomic E-state index is 11.5. The zero-order valence-electron chi connectivity index (χ0n) is 9.90. The van der Waals surface area contributed by atoms with E-state index in [0.29, 0.717) is 11.5 Å². The molecule has 1 aromatic carbocycles. The van der Waals surface area contributed by atoms with Gasteiger partial charge in [0.05, 0.1) is 12.3 Å². The van der Waals surface area contributed by atoms with Gasteiger partial charge in [-0.3, -0.25) is 4.90 Å². The first-order valence-corrected chi connectivity index (χ1v) is 7.56. The van der Waals surface area contributed by atoms with Crippen LogP contribution in [0.5, 0.6) is 0 Å². The van der Waals surface area contributed by atoms with E-state index in [1.165, 1.54) is 10.6 Å². The fourth-order valence-corrected chi connectivity index (χ4v) is 4.24. The van der Waals surface area contributed by atoms with Crippen LogP contribution in [0.1, 0.15) is 13.3 Å². The van der Waals surface area contributed by atoms with Gasteiger partial charge in [-0.15, -0.1) is 0 Å². The lowest BCUT2D eigenvalue weighted by molar-refractivity contribution is -0.855. The van der Waals surface area contributed by atoms with E-state index in [1.807, 2.05) is 18.2 Å². The van der Waals surface area contributed by atoms with Crippen molar-refractivity contribution in [2.75, 3.05) is 18.1 Å². The molecule has 1 aliphatic rings. The van der Waals surface area contributed by atoms with Crippen LogP contribution in [0.4, 0.5) is 5.69 Å². The van der Waals surface area contributed by atoms with E-state index in [1.54, 1.807) is 0 Å². The minimum Gasteiger partial charge on any atom is -1.00 e. The fraction of sp³-hybridized carbons (Fsp3) is 0.500. The Morgan fingerprint density at radius 3 is 2.41 bits per heavy atom. The molecule has 1 aromatic rings. The van der Waals surface area contributed by atoms with Crippen LogP contribution < -0.4 is 17.3 Å². The Balaban J connectivity index is 0.00000144. The number of hydrogen-bond acceptors (Lipinski definition) is 2. The average Bonchev–Trinajstić information content (AvgIpc) is 2.62. The molecule has 1 aliphatic heterocycles. The van der Waals surface area contributed by atoms with Crippen molar-refractivity contribution in [1.82, 2.24) is 0 Å². The Labute approximate surface area is 109 Å². The van der Waals surface area contributed by atoms with Crippen molar-refractivity contribution in [1.29, 1.82) is 0 Å². The minimum atomic E-state index is -2.78. The molecule has 1 saturated heterocycles. The third kappa shape index (κ3) is 3.44. The second kappa shape index (κ2) is 5.85. The van der Waals surface area contributed by atoms with Crippen molar-refractivity contribution < 1.29 is 25.7 Å². The van der Waals surface area contributed by atoms with E-state index in [-0.39, 0.29) is 18.4 Å². The third-order valence-corrected chi connectivity index (χ3v) is 5.02. The molecule has 17 heavy (non-hydrogen) atoms. The van der Waals surface area contributed by atoms with E-state index in [9.17, 15) is 8.42 Å². The number of para-hydroxylation sites is 1. The van der Waals surface area contributed by atoms with Crippen molar-refractivity contribution in [2.45, 2.75) is 19.4 Å². The van der Waals surface area contributed by atoms with Crippen molar-refractivity contribution >= 4 is 15.5 Å². The molecule has 3 nitrogen and oxygen atoms in total. The molecule has 0 aromatic heterocycles. The summed E-state index contributed by atoms with van der Waals surface area (Å²) in [7, 11) is -2.78. The van der Waals surface area contributed by atoms with Gasteiger partial charge in [0.25, 0.3) is 0 Å². The van der Waals surface area contributed by atoms with Gasteiger partial charge in [0, 0.05) is 6.42 Å². The maximum Gasteiger partial charge on any atom is 0.156 e. The van der Waals surface area contributed by atoms with Gasteiger partial charge < -0.3 is 12.4 Å². The smallest absolute Gasteiger partial charge is 0.156 e. The van der Waals surface area contributed by atoms with Gasteiger partial charge in [0.2, 0.25) is 0 Å². The van der Waals surface area contributed by atoms with Crippen LogP contribution in [0.15, 0.2) is 30.3 Å². The van der Waals surface area contributed by atoms with Gasteiger partial charge in [0.15, 0.2) is 9.84 Å². The molecule has 1 N–H and O–H groups in total. The van der Waals surface area contributed by atoms with Gasteiger partial charge >= 0.3 is 0 Å². The van der Waals surface area contributed by atoms with Crippen molar-refractivity contribution in [3.8, 4) is 0 Å². The molecule has 1 heterocycles. The quantitative estimate of drug-likeness (QED) is 0.658. The summed E-state index contributed by atoms with van der Waals surface area (Å²) in [5.74, 6) is 0.694. The first-order valence-electron chi connectivity index (χ1n) is 5.74. The molecule has 0 spiro atoms. The number of halogens is 1. The largest absolute Gasteiger partial charge is 1.00 e. The summed E-state index contributed by atoms with van der Waals surface area (Å²) >= 11 is 0. The summed E-state index contributed by atoms with van der Waals surface area (Å²) in [5, 5.41) is 0. The Hall–Kier alpha value is -0.580. The molecule has 0 radical (unpaired) electrons. The Bertz CT molecular complexity index is 447. The summed E-state index contributed by atoms with van der Waals surface area (Å²) in [4.78, 5) is 1.29. The minimum absolute atomic E-state index is 0. The Morgan fingerprint density at radius 2 is 1.94 bits per heavy atom. The van der Waals surface area contributed by atoms with E-state index in [4.69, 9.17) is 0 Å². The van der Waals surface area contributed by atoms with Crippen molar-refractivity contribution in [3.05, 3.63) is 30.3 Å². The van der Waals surface area contributed by atoms with E-state index >= 15 is 0 Å². The summed E-state index contributed by atoms with van der Waals surface area (Å²) in [6.07, 6.45) is 0.792. The highest BCUT2D eigenvalue weighted by Crippen LogP contribution is 2.11. The zero-order valence-corrected chi connectivity index (χ0v) is 11.5. The molecular weight excluding hydrogens is 258 g/mol. The summed E-state index contributed by atoms with van der Waals surface area (Å²) in [6.45, 7) is 3.04. The maximum atomic E-state index is 11.5. The number of benzene rings is 1. The number of nitrogens with one attached hydrogen (secondary N) is 1. The van der Waals surface area contributed by atoms with Crippen molar-refractivity contribution in [2.24, 2.45) is 0 Å². The lowest BCUT2D eigenvalue weighted by Crippen LogP contribution is -3.11. The highest BCUT2D eigenvalue weighted by molar-refractivity contribution is 7.91. The third-order valence-electron chi connectivity index (χ3n) is 3.25. The van der Waals surface area contributed by atoms with E-state index in [2.05, 4.69) is 19.1 Å². The van der Waals surface area contributed by atoms with Crippen LogP contribution in [0.3, 0.4) is 0 Å². The normalized spacial score (nSPS) is 23.9. The second-order valence-corrected chi connectivity index (χ2v) is 6.57. The highest BCUT2D eigenvalue weighted by Gasteiger charge is 2.35. The number of quaternary nitrogens is 1. The van der Waals surface area contributed by atoms with Gasteiger partial charge in [-0.25, -0.2) is 8.42 Å². The predicted octanol–water partition coefficient (Wildman–Crippen LogP) is -2.59. The molecule has 2 rings (SSSR count). The second-order valence-electron chi connectivity index (χ2n) is 4.34. The number of hydrogen-bond donors (Lipinski definition) is 1. The van der Waals surface area contributed by atoms with Crippen molar-refractivity contribution in [3.63, 3.8) is 0 Å². The first kappa shape index (κ1) is 14.5. The standard InChI is InChI=1S/C12H17NO2S.ClH/c1-2-13(11-6-4-3-5-7-11)12-8-9-16(14,15)10-12;/h3-7,12H,2,8-10H2,1H3;1H. The molecule has 0 aliphatic carbocycles. The van der Waals surface area contributed by atoms with Gasteiger partial charge in [-0.05, 0) is 19.1 Å². The molecule has 2 unspecified atom stereocenters. The molecule has 1 fully saturated rings. The topological polar surface area (TPSA) is 38.6 Å². The molecule has 0 saturated carbocycles. The molecular formula is C12H18ClNO2S.